The first-order valence-electron chi connectivity index (χ1n) is 7.92. The van der Waals surface area contributed by atoms with Crippen LogP contribution in [0.15, 0.2) is 24.4 Å². The Morgan fingerprint density at radius 1 is 1.42 bits per heavy atom. The van der Waals surface area contributed by atoms with Crippen molar-refractivity contribution in [1.82, 2.24) is 30.4 Å². The number of hydrogen-bond donors (Lipinski definition) is 3. The number of carbonyl (C=O) groups excluding carboxylic acids is 1. The van der Waals surface area contributed by atoms with Crippen LogP contribution in [-0.2, 0) is 17.9 Å². The summed E-state index contributed by atoms with van der Waals surface area (Å²) in [5, 5.41) is 9.18. The maximum absolute atomic E-state index is 12.1. The minimum absolute atomic E-state index is 0.117. The van der Waals surface area contributed by atoms with E-state index in [1.807, 2.05) is 18.2 Å². The number of hydrogen-bond acceptors (Lipinski definition) is 6. The van der Waals surface area contributed by atoms with Gasteiger partial charge in [0, 0.05) is 19.3 Å². The number of nitrogen functional groups attached to an aromatic ring is 1. The second-order valence-corrected chi connectivity index (χ2v) is 5.62. The average molecular weight is 331 g/mol. The van der Waals surface area contributed by atoms with Gasteiger partial charge in [0.05, 0.1) is 24.9 Å². The average Bonchev–Trinajstić information content (AvgIpc) is 3.04. The van der Waals surface area contributed by atoms with Gasteiger partial charge >= 0.3 is 6.03 Å². The number of nitrogens with two attached hydrogens (primary N) is 1. The predicted molar refractivity (Wildman–Crippen MR) is 86.7 cm³/mol. The fourth-order valence-electron chi connectivity index (χ4n) is 2.57. The summed E-state index contributed by atoms with van der Waals surface area (Å²) in [7, 11) is 0. The fraction of sp³-hybridized carbons (Fsp3) is 0.467. The minimum Gasteiger partial charge on any atom is -0.372 e. The Hall–Kier alpha value is -2.68. The number of aromatic amines is 1. The number of pyridine rings is 1. The standard InChI is InChI=1S/C15H21N7O2/c16-14-19-13(20-21-14)9-18-15(23)22-7-4-12(5-8-22)24-10-11-3-1-2-6-17-11/h1-3,6,12H,4-5,7-10H2,(H,18,23)(H3,16,19,20,21). The van der Waals surface area contributed by atoms with Gasteiger partial charge in [-0.3, -0.25) is 10.1 Å². The normalized spacial score (nSPS) is 15.4. The highest BCUT2D eigenvalue weighted by Crippen LogP contribution is 2.15. The first-order valence-corrected chi connectivity index (χ1v) is 7.92. The molecule has 1 saturated heterocycles. The molecule has 9 nitrogen and oxygen atoms in total. The van der Waals surface area contributed by atoms with Gasteiger partial charge in [-0.05, 0) is 25.0 Å². The smallest absolute Gasteiger partial charge is 0.317 e. The number of aromatic nitrogens is 4. The molecule has 9 heteroatoms. The molecule has 0 atom stereocenters. The van der Waals surface area contributed by atoms with E-state index in [1.165, 1.54) is 0 Å². The van der Waals surface area contributed by atoms with Crippen molar-refractivity contribution in [2.75, 3.05) is 18.8 Å². The molecule has 0 aromatic carbocycles. The molecule has 128 valence electrons. The van der Waals surface area contributed by atoms with Gasteiger partial charge in [0.2, 0.25) is 5.95 Å². The number of carbonyl (C=O) groups is 1. The molecule has 3 rings (SSSR count). The summed E-state index contributed by atoms with van der Waals surface area (Å²) in [6.45, 7) is 2.11. The number of anilines is 1. The molecule has 0 radical (unpaired) electrons. The van der Waals surface area contributed by atoms with Crippen molar-refractivity contribution in [1.29, 1.82) is 0 Å². The number of piperidine rings is 1. The molecular weight excluding hydrogens is 310 g/mol. The van der Waals surface area contributed by atoms with Gasteiger partial charge in [-0.15, -0.1) is 5.10 Å². The fourth-order valence-corrected chi connectivity index (χ4v) is 2.57. The van der Waals surface area contributed by atoms with E-state index in [0.717, 1.165) is 18.5 Å². The lowest BCUT2D eigenvalue weighted by Crippen LogP contribution is -2.45. The second kappa shape index (κ2) is 7.73. The first kappa shape index (κ1) is 16.2. The van der Waals surface area contributed by atoms with Crippen molar-refractivity contribution in [3.8, 4) is 0 Å². The van der Waals surface area contributed by atoms with Gasteiger partial charge in [0.15, 0.2) is 0 Å². The number of rotatable bonds is 5. The zero-order chi connectivity index (χ0) is 16.8. The van der Waals surface area contributed by atoms with E-state index >= 15 is 0 Å². The number of nitrogens with zero attached hydrogens (tertiary/aromatic N) is 4. The Balaban J connectivity index is 1.37. The largest absolute Gasteiger partial charge is 0.372 e. The van der Waals surface area contributed by atoms with E-state index in [-0.39, 0.29) is 24.6 Å². The highest BCUT2D eigenvalue weighted by molar-refractivity contribution is 5.74. The maximum Gasteiger partial charge on any atom is 0.317 e. The third kappa shape index (κ3) is 4.42. The highest BCUT2D eigenvalue weighted by atomic mass is 16.5. The van der Waals surface area contributed by atoms with Crippen LogP contribution in [0.1, 0.15) is 24.4 Å². The van der Waals surface area contributed by atoms with Gasteiger partial charge in [-0.25, -0.2) is 4.79 Å². The molecule has 0 saturated carbocycles. The molecule has 0 bridgehead atoms. The molecule has 0 unspecified atom stereocenters. The number of urea groups is 1. The van der Waals surface area contributed by atoms with Gasteiger partial charge < -0.3 is 20.7 Å². The van der Waals surface area contributed by atoms with E-state index in [0.29, 0.717) is 25.5 Å². The van der Waals surface area contributed by atoms with Crippen molar-refractivity contribution >= 4 is 12.0 Å². The zero-order valence-corrected chi connectivity index (χ0v) is 13.3. The van der Waals surface area contributed by atoms with Crippen molar-refractivity contribution in [2.45, 2.75) is 32.1 Å². The van der Waals surface area contributed by atoms with Gasteiger partial charge in [-0.2, -0.15) is 4.98 Å². The molecule has 0 aliphatic carbocycles. The molecule has 2 amide bonds. The van der Waals surface area contributed by atoms with Crippen LogP contribution < -0.4 is 11.1 Å². The van der Waals surface area contributed by atoms with Gasteiger partial charge in [0.25, 0.3) is 0 Å². The molecule has 4 N–H and O–H groups in total. The first-order chi connectivity index (χ1) is 11.7. The summed E-state index contributed by atoms with van der Waals surface area (Å²) in [5.74, 6) is 0.708. The number of H-pyrrole nitrogens is 1. The lowest BCUT2D eigenvalue weighted by Gasteiger charge is -2.31. The Morgan fingerprint density at radius 2 is 2.25 bits per heavy atom. The Kier molecular flexibility index (Phi) is 5.22. The van der Waals surface area contributed by atoms with E-state index in [2.05, 4.69) is 25.5 Å². The van der Waals surface area contributed by atoms with E-state index in [4.69, 9.17) is 10.5 Å². The zero-order valence-electron chi connectivity index (χ0n) is 13.3. The maximum atomic E-state index is 12.1. The van der Waals surface area contributed by atoms with Gasteiger partial charge in [-0.1, -0.05) is 6.07 Å². The Labute approximate surface area is 139 Å². The summed E-state index contributed by atoms with van der Waals surface area (Å²) in [5.41, 5.74) is 6.34. The minimum atomic E-state index is -0.117. The molecule has 2 aromatic heterocycles. The van der Waals surface area contributed by atoms with Gasteiger partial charge in [0.1, 0.15) is 5.82 Å². The van der Waals surface area contributed by atoms with E-state index in [1.54, 1.807) is 11.1 Å². The Bertz CT molecular complexity index is 653. The lowest BCUT2D eigenvalue weighted by molar-refractivity contribution is 0.00304. The molecule has 24 heavy (non-hydrogen) atoms. The number of amides is 2. The number of nitrogens with one attached hydrogen (secondary N) is 2. The molecule has 3 heterocycles. The van der Waals surface area contributed by atoms with Crippen molar-refractivity contribution in [2.24, 2.45) is 0 Å². The molecule has 1 aliphatic rings. The lowest BCUT2D eigenvalue weighted by atomic mass is 10.1. The van der Waals surface area contributed by atoms with Crippen LogP contribution in [-0.4, -0.2) is 50.3 Å². The van der Waals surface area contributed by atoms with Crippen LogP contribution in [0.4, 0.5) is 10.7 Å². The molecule has 1 aliphatic heterocycles. The summed E-state index contributed by atoms with van der Waals surface area (Å²) < 4.78 is 5.87. The van der Waals surface area contributed by atoms with Crippen molar-refractivity contribution < 1.29 is 9.53 Å². The molecule has 2 aromatic rings. The SMILES string of the molecule is Nc1n[nH]c(CNC(=O)N2CCC(OCc3ccccn3)CC2)n1. The van der Waals surface area contributed by atoms with Crippen LogP contribution in [0, 0.1) is 0 Å². The molecular formula is C15H21N7O2. The van der Waals surface area contributed by atoms with Crippen LogP contribution in [0.2, 0.25) is 0 Å². The highest BCUT2D eigenvalue weighted by Gasteiger charge is 2.23. The third-order valence-electron chi connectivity index (χ3n) is 3.88. The summed E-state index contributed by atoms with van der Waals surface area (Å²) in [6, 6.07) is 5.65. The summed E-state index contributed by atoms with van der Waals surface area (Å²) in [6.07, 6.45) is 3.55. The number of likely N-dealkylation sites (tertiary alicyclic amines) is 1. The number of ether oxygens (including phenoxy) is 1. The Morgan fingerprint density at radius 3 is 2.92 bits per heavy atom. The third-order valence-corrected chi connectivity index (χ3v) is 3.88. The topological polar surface area (TPSA) is 122 Å². The van der Waals surface area contributed by atoms with E-state index < -0.39 is 0 Å². The van der Waals surface area contributed by atoms with Crippen LogP contribution >= 0.6 is 0 Å². The molecule has 1 fully saturated rings. The van der Waals surface area contributed by atoms with Crippen molar-refractivity contribution in [3.05, 3.63) is 35.9 Å². The van der Waals surface area contributed by atoms with Crippen LogP contribution in [0.5, 0.6) is 0 Å². The summed E-state index contributed by atoms with van der Waals surface area (Å²) >= 11 is 0. The van der Waals surface area contributed by atoms with Crippen molar-refractivity contribution in [3.63, 3.8) is 0 Å². The predicted octanol–water partition coefficient (Wildman–Crippen LogP) is 0.673. The molecule has 0 spiro atoms. The quantitative estimate of drug-likeness (QED) is 0.740. The van der Waals surface area contributed by atoms with Crippen LogP contribution in [0.25, 0.3) is 0 Å². The monoisotopic (exact) mass is 331 g/mol. The summed E-state index contributed by atoms with van der Waals surface area (Å²) in [4.78, 5) is 22.1. The van der Waals surface area contributed by atoms with E-state index in [9.17, 15) is 4.79 Å². The second-order valence-electron chi connectivity index (χ2n) is 5.62. The van der Waals surface area contributed by atoms with Crippen LogP contribution in [0.3, 0.4) is 0 Å².